The Bertz CT molecular complexity index is 1070. The topological polar surface area (TPSA) is 61.8 Å². The smallest absolute Gasteiger partial charge is 0.276 e. The van der Waals surface area contributed by atoms with Crippen LogP contribution >= 0.6 is 31.9 Å². The molecule has 0 aliphatic rings. The Morgan fingerprint density at radius 3 is 1.96 bits per heavy atom. The van der Waals surface area contributed by atoms with Crippen molar-refractivity contribution in [3.8, 4) is 0 Å². The molecule has 0 saturated carbocycles. The third-order valence-electron chi connectivity index (χ3n) is 3.97. The molecule has 0 unspecified atom stereocenters. The molecule has 28 heavy (non-hydrogen) atoms. The zero-order chi connectivity index (χ0) is 20.1. The maximum absolute atomic E-state index is 12.6. The van der Waals surface area contributed by atoms with Gasteiger partial charge in [-0.25, -0.2) is 0 Å². The van der Waals surface area contributed by atoms with Crippen LogP contribution in [0.15, 0.2) is 97.8 Å². The Balaban J connectivity index is 2.08. The molecule has 0 aliphatic carbocycles. The molecule has 144 valence electrons. The van der Waals surface area contributed by atoms with E-state index in [2.05, 4.69) is 41.8 Å². The van der Waals surface area contributed by atoms with Crippen molar-refractivity contribution < 1.29 is 8.42 Å². The van der Waals surface area contributed by atoms with Crippen LogP contribution < -0.4 is 9.73 Å². The van der Waals surface area contributed by atoms with Crippen LogP contribution in [0.5, 0.6) is 0 Å². The number of sulfonamides is 1. The molecular formula is C20H17Br2N3O2S. The van der Waals surface area contributed by atoms with E-state index < -0.39 is 10.0 Å². The Morgan fingerprint density at radius 1 is 0.857 bits per heavy atom. The lowest BCUT2D eigenvalue weighted by atomic mass is 10.2. The zero-order valence-corrected chi connectivity index (χ0v) is 18.9. The molecule has 3 rings (SSSR count). The fourth-order valence-electron chi connectivity index (χ4n) is 2.54. The summed E-state index contributed by atoms with van der Waals surface area (Å²) in [6, 6.07) is 23.3. The molecule has 0 saturated heterocycles. The molecule has 0 fully saturated rings. The summed E-state index contributed by atoms with van der Waals surface area (Å²) in [5, 5.41) is 4.28. The maximum atomic E-state index is 12.6. The number of hydrogen-bond donors (Lipinski definition) is 1. The number of hydrazone groups is 1. The minimum absolute atomic E-state index is 0.145. The van der Waals surface area contributed by atoms with Crippen LogP contribution in [0.4, 0.5) is 5.69 Å². The van der Waals surface area contributed by atoms with Crippen LogP contribution in [-0.4, -0.2) is 21.3 Å². The summed E-state index contributed by atoms with van der Waals surface area (Å²) in [5.74, 6) is 0.435. The second-order valence-electron chi connectivity index (χ2n) is 5.83. The molecule has 1 N–H and O–H groups in total. The van der Waals surface area contributed by atoms with Gasteiger partial charge in [-0.2, -0.15) is 13.2 Å². The number of anilines is 1. The van der Waals surface area contributed by atoms with Crippen molar-refractivity contribution >= 4 is 53.4 Å². The van der Waals surface area contributed by atoms with E-state index in [0.717, 1.165) is 20.2 Å². The van der Waals surface area contributed by atoms with Gasteiger partial charge in [-0.15, -0.1) is 5.10 Å². The van der Waals surface area contributed by atoms with E-state index in [1.807, 2.05) is 60.5 Å². The number of hydrogen-bond acceptors (Lipinski definition) is 3. The van der Waals surface area contributed by atoms with Crippen LogP contribution in [0.1, 0.15) is 5.56 Å². The maximum Gasteiger partial charge on any atom is 0.276 e. The summed E-state index contributed by atoms with van der Waals surface area (Å²) in [4.78, 5) is 4.32. The monoisotopic (exact) mass is 521 g/mol. The molecule has 3 aromatic rings. The molecule has 0 heterocycles. The van der Waals surface area contributed by atoms with Gasteiger partial charge in [0, 0.05) is 27.2 Å². The number of amidine groups is 1. The Morgan fingerprint density at radius 2 is 1.39 bits per heavy atom. The number of nitrogens with one attached hydrogen (secondary N) is 1. The molecule has 8 heteroatoms. The SMILES string of the molecule is CN(/C(=N/NS(=O)(=O)c1ccccc1)c1c(Br)cccc1Br)c1ccccc1. The number of nitrogens with zero attached hydrogens (tertiary/aromatic N) is 2. The predicted octanol–water partition coefficient (Wildman–Crippen LogP) is 4.99. The second kappa shape index (κ2) is 8.89. The first kappa shape index (κ1) is 20.6. The van der Waals surface area contributed by atoms with Crippen LogP contribution in [0.25, 0.3) is 0 Å². The quantitative estimate of drug-likeness (QED) is 0.292. The first-order valence-corrected chi connectivity index (χ1v) is 11.3. The lowest BCUT2D eigenvalue weighted by Gasteiger charge is -2.23. The summed E-state index contributed by atoms with van der Waals surface area (Å²) < 4.78 is 26.8. The lowest BCUT2D eigenvalue weighted by molar-refractivity contribution is 0.584. The molecule has 0 spiro atoms. The zero-order valence-electron chi connectivity index (χ0n) is 14.9. The lowest BCUT2D eigenvalue weighted by Crippen LogP contribution is -2.32. The van der Waals surface area contributed by atoms with Gasteiger partial charge in [0.2, 0.25) is 0 Å². The van der Waals surface area contributed by atoms with Crippen LogP contribution in [0.3, 0.4) is 0 Å². The van der Waals surface area contributed by atoms with Crippen molar-refractivity contribution in [2.45, 2.75) is 4.90 Å². The van der Waals surface area contributed by atoms with Crippen molar-refractivity contribution in [3.05, 3.63) is 93.4 Å². The standard InChI is InChI=1S/C20H17Br2N3O2S/c1-25(15-9-4-2-5-10-15)20(19-17(21)13-8-14-18(19)22)23-24-28(26,27)16-11-6-3-7-12-16/h2-14,24H,1H3/b23-20+. The summed E-state index contributed by atoms with van der Waals surface area (Å²) >= 11 is 7.08. The van der Waals surface area contributed by atoms with E-state index in [9.17, 15) is 8.42 Å². The minimum atomic E-state index is -3.80. The van der Waals surface area contributed by atoms with E-state index in [-0.39, 0.29) is 4.90 Å². The van der Waals surface area contributed by atoms with Gasteiger partial charge in [0.05, 0.1) is 4.90 Å². The van der Waals surface area contributed by atoms with E-state index in [1.165, 1.54) is 12.1 Å². The third-order valence-corrected chi connectivity index (χ3v) is 6.52. The fourth-order valence-corrected chi connectivity index (χ4v) is 4.72. The second-order valence-corrected chi connectivity index (χ2v) is 9.20. The predicted molar refractivity (Wildman–Crippen MR) is 120 cm³/mol. The fraction of sp³-hybridized carbons (Fsp3) is 0.0500. The molecule has 0 aromatic heterocycles. The first-order chi connectivity index (χ1) is 13.4. The molecule has 5 nitrogen and oxygen atoms in total. The number of benzene rings is 3. The Hall–Kier alpha value is -2.16. The first-order valence-electron chi connectivity index (χ1n) is 8.28. The van der Waals surface area contributed by atoms with Crippen molar-refractivity contribution in [1.82, 2.24) is 4.83 Å². The van der Waals surface area contributed by atoms with Gasteiger partial charge in [-0.05, 0) is 68.3 Å². The molecule has 0 aliphatic heterocycles. The summed E-state index contributed by atoms with van der Waals surface area (Å²) in [6.45, 7) is 0. The van der Waals surface area contributed by atoms with Crippen molar-refractivity contribution in [2.75, 3.05) is 11.9 Å². The minimum Gasteiger partial charge on any atom is -0.327 e. The van der Waals surface area contributed by atoms with E-state index in [1.54, 1.807) is 18.2 Å². The molecule has 3 aromatic carbocycles. The number of rotatable bonds is 5. The summed E-state index contributed by atoms with van der Waals surface area (Å²) in [6.07, 6.45) is 0. The number of halogens is 2. The molecule has 0 atom stereocenters. The highest BCUT2D eigenvalue weighted by Gasteiger charge is 2.20. The van der Waals surface area contributed by atoms with Crippen LogP contribution in [-0.2, 0) is 10.0 Å². The van der Waals surface area contributed by atoms with Gasteiger partial charge < -0.3 is 4.90 Å². The summed E-state index contributed by atoms with van der Waals surface area (Å²) in [7, 11) is -1.97. The van der Waals surface area contributed by atoms with Gasteiger partial charge in [0.25, 0.3) is 10.0 Å². The van der Waals surface area contributed by atoms with Crippen molar-refractivity contribution in [1.29, 1.82) is 0 Å². The van der Waals surface area contributed by atoms with E-state index >= 15 is 0 Å². The van der Waals surface area contributed by atoms with Crippen molar-refractivity contribution in [3.63, 3.8) is 0 Å². The highest BCUT2D eigenvalue weighted by Crippen LogP contribution is 2.28. The van der Waals surface area contributed by atoms with Gasteiger partial charge in [0.1, 0.15) is 0 Å². The molecule has 0 amide bonds. The van der Waals surface area contributed by atoms with Gasteiger partial charge in [0.15, 0.2) is 5.84 Å². The van der Waals surface area contributed by atoms with Gasteiger partial charge in [-0.3, -0.25) is 0 Å². The van der Waals surface area contributed by atoms with Crippen molar-refractivity contribution in [2.24, 2.45) is 5.10 Å². The van der Waals surface area contributed by atoms with Gasteiger partial charge >= 0.3 is 0 Å². The van der Waals surface area contributed by atoms with Crippen LogP contribution in [0, 0.1) is 0 Å². The number of para-hydroxylation sites is 1. The summed E-state index contributed by atoms with van der Waals surface area (Å²) in [5.41, 5.74) is 1.59. The van der Waals surface area contributed by atoms with E-state index in [4.69, 9.17) is 0 Å². The largest absolute Gasteiger partial charge is 0.327 e. The highest BCUT2D eigenvalue weighted by molar-refractivity contribution is 9.11. The van der Waals surface area contributed by atoms with E-state index in [0.29, 0.717) is 5.84 Å². The van der Waals surface area contributed by atoms with Crippen LogP contribution in [0.2, 0.25) is 0 Å². The molecular weight excluding hydrogens is 506 g/mol. The average Bonchev–Trinajstić information content (AvgIpc) is 2.71. The highest BCUT2D eigenvalue weighted by atomic mass is 79.9. The third kappa shape index (κ3) is 4.63. The molecule has 0 radical (unpaired) electrons. The normalized spacial score (nSPS) is 11.9. The van der Waals surface area contributed by atoms with Gasteiger partial charge in [-0.1, -0.05) is 42.5 Å². The Labute approximate surface area is 181 Å². The molecule has 0 bridgehead atoms. The Kier molecular flexibility index (Phi) is 6.53. The average molecular weight is 523 g/mol.